The van der Waals surface area contributed by atoms with Gasteiger partial charge in [-0.1, -0.05) is 77.9 Å². The maximum Gasteiger partial charge on any atom is 0.354 e. The Kier molecular flexibility index (Phi) is 12.1. The van der Waals surface area contributed by atoms with E-state index in [0.717, 1.165) is 60.5 Å². The molecule has 1 aliphatic rings. The number of rotatable bonds is 11. The highest BCUT2D eigenvalue weighted by Gasteiger charge is 2.28. The summed E-state index contributed by atoms with van der Waals surface area (Å²) in [5, 5.41) is 10.4. The quantitative estimate of drug-likeness (QED) is 0.0779. The number of hydrogen-bond donors (Lipinski definition) is 6. The van der Waals surface area contributed by atoms with Crippen LogP contribution in [0.5, 0.6) is 0 Å². The highest BCUT2D eigenvalue weighted by molar-refractivity contribution is 5.76. The Labute approximate surface area is 281 Å². The van der Waals surface area contributed by atoms with E-state index in [-0.39, 0.29) is 28.5 Å². The number of halogens is 2. The SMILES string of the molecule is CC(C)(C)c1cc2cn(-c3ccc(CNCCCN=C(N)N)cc3)c(=O)nc2[nH]1.CC(C)(C)c1ccc(C(NC2CNC2)C(F)F)cc1. The second kappa shape index (κ2) is 15.8. The topological polar surface area (TPSA) is 151 Å². The summed E-state index contributed by atoms with van der Waals surface area (Å²) in [6.45, 7) is 16.4. The molecule has 48 heavy (non-hydrogen) atoms. The number of nitrogens with zero attached hydrogens (tertiary/aromatic N) is 3. The molecule has 2 aromatic carbocycles. The second-order valence-electron chi connectivity index (χ2n) is 14.3. The number of benzene rings is 2. The van der Waals surface area contributed by atoms with Crippen LogP contribution in [0.25, 0.3) is 16.7 Å². The maximum atomic E-state index is 13.2. The molecule has 0 saturated carbocycles. The van der Waals surface area contributed by atoms with E-state index in [1.54, 1.807) is 4.57 Å². The smallest absolute Gasteiger partial charge is 0.354 e. The molecular weight excluding hydrogens is 612 g/mol. The highest BCUT2D eigenvalue weighted by Crippen LogP contribution is 2.27. The molecule has 260 valence electrons. The minimum Gasteiger partial charge on any atom is -0.370 e. The van der Waals surface area contributed by atoms with Gasteiger partial charge in [0.05, 0.1) is 11.7 Å². The minimum atomic E-state index is -2.39. The van der Waals surface area contributed by atoms with Gasteiger partial charge in [0, 0.05) is 54.9 Å². The molecule has 0 radical (unpaired) electrons. The Morgan fingerprint density at radius 1 is 1.02 bits per heavy atom. The van der Waals surface area contributed by atoms with Gasteiger partial charge in [-0.15, -0.1) is 0 Å². The van der Waals surface area contributed by atoms with E-state index in [0.29, 0.717) is 17.8 Å². The monoisotopic (exact) mass is 663 g/mol. The predicted molar refractivity (Wildman–Crippen MR) is 191 cm³/mol. The van der Waals surface area contributed by atoms with Crippen molar-refractivity contribution in [1.82, 2.24) is 30.5 Å². The summed E-state index contributed by atoms with van der Waals surface area (Å²) in [5.74, 6) is 0.123. The van der Waals surface area contributed by atoms with E-state index >= 15 is 0 Å². The summed E-state index contributed by atoms with van der Waals surface area (Å²) in [7, 11) is 0. The van der Waals surface area contributed by atoms with Crippen LogP contribution in [0.1, 0.15) is 76.4 Å². The Morgan fingerprint density at radius 2 is 1.69 bits per heavy atom. The average Bonchev–Trinajstić information content (AvgIpc) is 3.42. The number of alkyl halides is 2. The molecule has 8 N–H and O–H groups in total. The third-order valence-corrected chi connectivity index (χ3v) is 8.25. The molecule has 3 heterocycles. The molecule has 1 unspecified atom stereocenters. The number of guanidine groups is 1. The third kappa shape index (κ3) is 10.2. The van der Waals surface area contributed by atoms with Gasteiger partial charge < -0.3 is 27.1 Å². The van der Waals surface area contributed by atoms with Crippen LogP contribution in [-0.4, -0.2) is 59.1 Å². The minimum absolute atomic E-state index is 0.0352. The first kappa shape index (κ1) is 36.7. The number of aromatic amines is 1. The summed E-state index contributed by atoms with van der Waals surface area (Å²) in [5.41, 5.74) is 15.7. The first-order chi connectivity index (χ1) is 22.6. The summed E-state index contributed by atoms with van der Waals surface area (Å²) in [6.07, 6.45) is 0.318. The largest absolute Gasteiger partial charge is 0.370 e. The highest BCUT2D eigenvalue weighted by atomic mass is 19.3. The van der Waals surface area contributed by atoms with E-state index in [1.807, 2.05) is 54.7 Å². The van der Waals surface area contributed by atoms with Crippen LogP contribution < -0.4 is 33.1 Å². The Bertz CT molecular complexity index is 1690. The van der Waals surface area contributed by atoms with Gasteiger partial charge in [0.2, 0.25) is 0 Å². The molecule has 0 spiro atoms. The fourth-order valence-corrected chi connectivity index (χ4v) is 5.17. The Balaban J connectivity index is 0.000000237. The van der Waals surface area contributed by atoms with Gasteiger partial charge in [-0.25, -0.2) is 13.6 Å². The summed E-state index contributed by atoms with van der Waals surface area (Å²) in [6, 6.07) is 16.7. The number of aliphatic imine (C=N–C) groups is 1. The van der Waals surface area contributed by atoms with Crippen molar-refractivity contribution in [3.8, 4) is 5.69 Å². The van der Waals surface area contributed by atoms with Gasteiger partial charge in [0.1, 0.15) is 5.65 Å². The van der Waals surface area contributed by atoms with Crippen LogP contribution in [-0.2, 0) is 17.4 Å². The third-order valence-electron chi connectivity index (χ3n) is 8.25. The fourth-order valence-electron chi connectivity index (χ4n) is 5.17. The molecule has 0 aliphatic carbocycles. The molecule has 1 aliphatic heterocycles. The molecule has 4 aromatic rings. The predicted octanol–water partition coefficient (Wildman–Crippen LogP) is 4.62. The summed E-state index contributed by atoms with van der Waals surface area (Å²) < 4.78 is 27.9. The molecule has 12 heteroatoms. The van der Waals surface area contributed by atoms with Gasteiger partial charge in [-0.3, -0.25) is 14.9 Å². The number of nitrogens with two attached hydrogens (primary N) is 2. The first-order valence-electron chi connectivity index (χ1n) is 16.5. The lowest BCUT2D eigenvalue weighted by Gasteiger charge is -2.32. The lowest BCUT2D eigenvalue weighted by Crippen LogP contribution is -2.56. The van der Waals surface area contributed by atoms with Crippen molar-refractivity contribution in [1.29, 1.82) is 0 Å². The van der Waals surface area contributed by atoms with Crippen LogP contribution in [0.4, 0.5) is 8.78 Å². The Hall–Kier alpha value is -4.13. The van der Waals surface area contributed by atoms with Crippen molar-refractivity contribution in [2.75, 3.05) is 26.2 Å². The van der Waals surface area contributed by atoms with Crippen LogP contribution in [0.2, 0.25) is 0 Å². The number of nitrogens with one attached hydrogen (secondary N) is 4. The van der Waals surface area contributed by atoms with Crippen molar-refractivity contribution in [3.63, 3.8) is 0 Å². The molecule has 2 aromatic heterocycles. The lowest BCUT2D eigenvalue weighted by molar-refractivity contribution is 0.0868. The molecular formula is C36H51F2N9O. The zero-order valence-electron chi connectivity index (χ0n) is 28.9. The van der Waals surface area contributed by atoms with Crippen molar-refractivity contribution >= 4 is 17.0 Å². The average molecular weight is 664 g/mol. The van der Waals surface area contributed by atoms with E-state index in [4.69, 9.17) is 11.5 Å². The normalized spacial score (nSPS) is 14.4. The fraction of sp³-hybridized carbons (Fsp3) is 0.472. The zero-order valence-corrected chi connectivity index (χ0v) is 28.9. The number of fused-ring (bicyclic) bond motifs is 1. The number of aromatic nitrogens is 3. The van der Waals surface area contributed by atoms with Crippen LogP contribution in [0.3, 0.4) is 0 Å². The molecule has 1 fully saturated rings. The first-order valence-corrected chi connectivity index (χ1v) is 16.5. The molecule has 0 amide bonds. The lowest BCUT2D eigenvalue weighted by atomic mass is 9.86. The number of hydrogen-bond acceptors (Lipinski definition) is 6. The summed E-state index contributed by atoms with van der Waals surface area (Å²) >= 11 is 0. The van der Waals surface area contributed by atoms with Crippen molar-refractivity contribution in [2.24, 2.45) is 16.5 Å². The standard InChI is InChI=1S/C21H29N7O.C15H22F2N2/c1-21(2,3)17-11-15-13-28(20(29)27-18(15)26-17)16-7-5-14(6-8-16)12-24-9-4-10-25-19(22)23;1-15(2,3)11-6-4-10(5-7-11)13(14(16)17)19-12-8-18-9-12/h5-8,11,13,24H,4,9-10,12H2,1-3H3,(H4,22,23,25)(H,26,27,29);4-7,12-14,18-19H,8-9H2,1-3H3. The second-order valence-corrected chi connectivity index (χ2v) is 14.3. The van der Waals surface area contributed by atoms with Crippen molar-refractivity contribution < 1.29 is 8.78 Å². The molecule has 0 bridgehead atoms. The van der Waals surface area contributed by atoms with Crippen molar-refractivity contribution in [3.05, 3.63) is 93.7 Å². The Morgan fingerprint density at radius 3 is 2.23 bits per heavy atom. The van der Waals surface area contributed by atoms with E-state index < -0.39 is 12.5 Å². The molecule has 10 nitrogen and oxygen atoms in total. The zero-order chi connectivity index (χ0) is 35.1. The van der Waals surface area contributed by atoms with E-state index in [9.17, 15) is 13.6 Å². The van der Waals surface area contributed by atoms with Gasteiger partial charge in [0.15, 0.2) is 5.96 Å². The van der Waals surface area contributed by atoms with Crippen LogP contribution in [0.15, 0.2) is 70.6 Å². The van der Waals surface area contributed by atoms with Gasteiger partial charge in [-0.05, 0) is 53.3 Å². The van der Waals surface area contributed by atoms with E-state index in [2.05, 4.69) is 78.5 Å². The number of H-pyrrole nitrogens is 1. The molecule has 1 saturated heterocycles. The van der Waals surface area contributed by atoms with Crippen LogP contribution in [0, 0.1) is 0 Å². The van der Waals surface area contributed by atoms with Crippen molar-refractivity contribution in [2.45, 2.75) is 83.8 Å². The van der Waals surface area contributed by atoms with E-state index in [1.165, 1.54) is 0 Å². The molecule has 5 rings (SSSR count). The van der Waals surface area contributed by atoms with Gasteiger partial charge >= 0.3 is 5.69 Å². The van der Waals surface area contributed by atoms with Crippen LogP contribution >= 0.6 is 0 Å². The van der Waals surface area contributed by atoms with Gasteiger partial charge in [-0.2, -0.15) is 4.98 Å². The van der Waals surface area contributed by atoms with Gasteiger partial charge in [0.25, 0.3) is 6.43 Å². The summed E-state index contributed by atoms with van der Waals surface area (Å²) in [4.78, 5) is 23.9. The molecule has 1 atom stereocenters. The maximum absolute atomic E-state index is 13.2.